The number of anilines is 2. The van der Waals surface area contributed by atoms with Gasteiger partial charge in [-0.2, -0.15) is 0 Å². The molecule has 0 fully saturated rings. The standard InChI is InChI=1S/C23H30N8O/c1-6-15(3)31-14-25-28-22(31)18-9-8-10-20(26-18)30-13-17-16(23(30)32)11-21(29(5)7-2)27-19(17)12-24-4/h8-11,14-15,24H,6-7,12-13H2,1-5H3/t15-/m0/s1. The van der Waals surface area contributed by atoms with Gasteiger partial charge in [-0.25, -0.2) is 9.97 Å². The van der Waals surface area contributed by atoms with E-state index in [-0.39, 0.29) is 11.9 Å². The SMILES string of the molecule is CC[C@H](C)n1cnnc1-c1cccc(N2Cc3c(cc(N(C)CC)nc3CNC)C2=O)n1. The molecule has 0 saturated heterocycles. The summed E-state index contributed by atoms with van der Waals surface area (Å²) in [6, 6.07) is 7.83. The first-order valence-electron chi connectivity index (χ1n) is 11.1. The van der Waals surface area contributed by atoms with Crippen molar-refractivity contribution in [2.24, 2.45) is 0 Å². The van der Waals surface area contributed by atoms with Crippen LogP contribution >= 0.6 is 0 Å². The zero-order valence-electron chi connectivity index (χ0n) is 19.3. The third-order valence-electron chi connectivity index (χ3n) is 6.08. The third kappa shape index (κ3) is 3.84. The van der Waals surface area contributed by atoms with Crippen LogP contribution in [0, 0.1) is 0 Å². The minimum absolute atomic E-state index is 0.0569. The summed E-state index contributed by atoms with van der Waals surface area (Å²) in [6.07, 6.45) is 2.69. The smallest absolute Gasteiger partial charge is 0.260 e. The van der Waals surface area contributed by atoms with E-state index in [2.05, 4.69) is 36.3 Å². The summed E-state index contributed by atoms with van der Waals surface area (Å²) in [6.45, 7) is 8.17. The molecule has 0 aromatic carbocycles. The van der Waals surface area contributed by atoms with E-state index in [1.165, 1.54) is 0 Å². The van der Waals surface area contributed by atoms with E-state index >= 15 is 0 Å². The van der Waals surface area contributed by atoms with Gasteiger partial charge >= 0.3 is 0 Å². The van der Waals surface area contributed by atoms with Crippen LogP contribution in [0.2, 0.25) is 0 Å². The van der Waals surface area contributed by atoms with Crippen molar-refractivity contribution < 1.29 is 4.79 Å². The molecule has 1 aliphatic rings. The van der Waals surface area contributed by atoms with Crippen LogP contribution in [-0.4, -0.2) is 51.3 Å². The average Bonchev–Trinajstić information content (AvgIpc) is 3.44. The van der Waals surface area contributed by atoms with Crippen LogP contribution < -0.4 is 15.1 Å². The van der Waals surface area contributed by atoms with Crippen molar-refractivity contribution in [2.75, 3.05) is 30.4 Å². The zero-order valence-corrected chi connectivity index (χ0v) is 19.3. The summed E-state index contributed by atoms with van der Waals surface area (Å²) in [7, 11) is 3.87. The third-order valence-corrected chi connectivity index (χ3v) is 6.08. The van der Waals surface area contributed by atoms with Crippen LogP contribution in [0.4, 0.5) is 11.6 Å². The Balaban J connectivity index is 1.71. The maximum atomic E-state index is 13.4. The predicted octanol–water partition coefficient (Wildman–Crippen LogP) is 3.04. The number of carbonyl (C=O) groups is 1. The van der Waals surface area contributed by atoms with Crippen molar-refractivity contribution in [3.63, 3.8) is 0 Å². The summed E-state index contributed by atoms with van der Waals surface area (Å²) < 4.78 is 2.02. The van der Waals surface area contributed by atoms with Crippen LogP contribution in [-0.2, 0) is 13.1 Å². The van der Waals surface area contributed by atoms with Gasteiger partial charge in [-0.15, -0.1) is 10.2 Å². The number of fused-ring (bicyclic) bond motifs is 1. The lowest BCUT2D eigenvalue weighted by Gasteiger charge is -2.18. The molecule has 1 N–H and O–H groups in total. The number of nitrogens with one attached hydrogen (secondary N) is 1. The summed E-state index contributed by atoms with van der Waals surface area (Å²) in [4.78, 5) is 26.8. The second-order valence-electron chi connectivity index (χ2n) is 8.09. The number of rotatable bonds is 8. The molecule has 0 aliphatic carbocycles. The van der Waals surface area contributed by atoms with Crippen molar-refractivity contribution >= 4 is 17.5 Å². The molecule has 1 amide bonds. The molecule has 0 spiro atoms. The van der Waals surface area contributed by atoms with Gasteiger partial charge in [-0.05, 0) is 45.5 Å². The summed E-state index contributed by atoms with van der Waals surface area (Å²) >= 11 is 0. The molecule has 1 aliphatic heterocycles. The molecule has 4 heterocycles. The molecule has 168 valence electrons. The Morgan fingerprint density at radius 2 is 2.06 bits per heavy atom. The Morgan fingerprint density at radius 3 is 2.78 bits per heavy atom. The number of nitrogens with zero attached hydrogens (tertiary/aromatic N) is 7. The van der Waals surface area contributed by atoms with Crippen LogP contribution in [0.25, 0.3) is 11.5 Å². The van der Waals surface area contributed by atoms with E-state index < -0.39 is 0 Å². The maximum Gasteiger partial charge on any atom is 0.260 e. The first kappa shape index (κ1) is 21.9. The largest absolute Gasteiger partial charge is 0.360 e. The molecule has 4 rings (SSSR count). The Hall–Kier alpha value is -3.33. The van der Waals surface area contributed by atoms with Crippen LogP contribution in [0.1, 0.15) is 54.8 Å². The van der Waals surface area contributed by atoms with Gasteiger partial charge in [0.2, 0.25) is 0 Å². The fourth-order valence-electron chi connectivity index (χ4n) is 3.85. The quantitative estimate of drug-likeness (QED) is 0.582. The Morgan fingerprint density at radius 1 is 1.25 bits per heavy atom. The molecule has 9 nitrogen and oxygen atoms in total. The van der Waals surface area contributed by atoms with Crippen LogP contribution in [0.5, 0.6) is 0 Å². The van der Waals surface area contributed by atoms with Crippen molar-refractivity contribution in [3.8, 4) is 11.5 Å². The number of aromatic nitrogens is 5. The van der Waals surface area contributed by atoms with Crippen molar-refractivity contribution in [1.29, 1.82) is 0 Å². The highest BCUT2D eigenvalue weighted by atomic mass is 16.2. The Labute approximate surface area is 188 Å². The summed E-state index contributed by atoms with van der Waals surface area (Å²) in [5, 5.41) is 11.5. The highest BCUT2D eigenvalue weighted by Gasteiger charge is 2.33. The van der Waals surface area contributed by atoms with E-state index in [1.807, 2.05) is 47.8 Å². The minimum Gasteiger partial charge on any atom is -0.360 e. The van der Waals surface area contributed by atoms with Gasteiger partial charge in [0, 0.05) is 31.7 Å². The number of hydrogen-bond acceptors (Lipinski definition) is 7. The average molecular weight is 435 g/mol. The molecular weight excluding hydrogens is 404 g/mol. The van der Waals surface area contributed by atoms with Crippen molar-refractivity contribution in [3.05, 3.63) is 47.4 Å². The number of pyridine rings is 2. The molecule has 3 aromatic heterocycles. The van der Waals surface area contributed by atoms with E-state index in [1.54, 1.807) is 11.2 Å². The van der Waals surface area contributed by atoms with E-state index in [4.69, 9.17) is 9.97 Å². The predicted molar refractivity (Wildman–Crippen MR) is 125 cm³/mol. The number of hydrogen-bond donors (Lipinski definition) is 1. The lowest BCUT2D eigenvalue weighted by atomic mass is 10.1. The normalized spacial score (nSPS) is 14.0. The first-order chi connectivity index (χ1) is 15.5. The Bertz CT molecular complexity index is 1120. The van der Waals surface area contributed by atoms with E-state index in [0.29, 0.717) is 36.0 Å². The lowest BCUT2D eigenvalue weighted by molar-refractivity contribution is 0.0996. The molecule has 0 unspecified atom stereocenters. The van der Waals surface area contributed by atoms with Gasteiger partial charge in [0.15, 0.2) is 5.82 Å². The van der Waals surface area contributed by atoms with Gasteiger partial charge in [-0.1, -0.05) is 13.0 Å². The summed E-state index contributed by atoms with van der Waals surface area (Å²) in [5.74, 6) is 2.05. The lowest BCUT2D eigenvalue weighted by Crippen LogP contribution is -2.24. The highest BCUT2D eigenvalue weighted by Crippen LogP contribution is 2.32. The van der Waals surface area contributed by atoms with Gasteiger partial charge < -0.3 is 14.8 Å². The fourth-order valence-corrected chi connectivity index (χ4v) is 3.85. The van der Waals surface area contributed by atoms with Crippen molar-refractivity contribution in [2.45, 2.75) is 46.3 Å². The molecule has 0 radical (unpaired) electrons. The van der Waals surface area contributed by atoms with Gasteiger partial charge in [-0.3, -0.25) is 9.69 Å². The molecule has 0 bridgehead atoms. The molecule has 0 saturated carbocycles. The highest BCUT2D eigenvalue weighted by molar-refractivity contribution is 6.10. The molecule has 9 heteroatoms. The maximum absolute atomic E-state index is 13.4. The molecule has 32 heavy (non-hydrogen) atoms. The first-order valence-corrected chi connectivity index (χ1v) is 11.1. The zero-order chi connectivity index (χ0) is 22.8. The Kier molecular flexibility index (Phi) is 6.18. The number of amides is 1. The minimum atomic E-state index is -0.0569. The molecule has 3 aromatic rings. The van der Waals surface area contributed by atoms with E-state index in [9.17, 15) is 4.79 Å². The van der Waals surface area contributed by atoms with Gasteiger partial charge in [0.1, 0.15) is 23.7 Å². The number of carbonyl (C=O) groups excluding carboxylic acids is 1. The van der Waals surface area contributed by atoms with Crippen molar-refractivity contribution in [1.82, 2.24) is 30.0 Å². The fraction of sp³-hybridized carbons (Fsp3) is 0.435. The topological polar surface area (TPSA) is 92.1 Å². The second-order valence-corrected chi connectivity index (χ2v) is 8.09. The molecule has 1 atom stereocenters. The second kappa shape index (κ2) is 9.04. The van der Waals surface area contributed by atoms with Gasteiger partial charge in [0.05, 0.1) is 17.8 Å². The molecular formula is C23H30N8O. The van der Waals surface area contributed by atoms with Gasteiger partial charge in [0.25, 0.3) is 5.91 Å². The van der Waals surface area contributed by atoms with E-state index in [0.717, 1.165) is 30.0 Å². The monoisotopic (exact) mass is 434 g/mol. The van der Waals surface area contributed by atoms with Crippen LogP contribution in [0.3, 0.4) is 0 Å². The summed E-state index contributed by atoms with van der Waals surface area (Å²) in [5.41, 5.74) is 3.23. The van der Waals surface area contributed by atoms with Crippen LogP contribution in [0.15, 0.2) is 30.6 Å².